The number of hydrogen-bond acceptors (Lipinski definition) is 6. The zero-order valence-electron chi connectivity index (χ0n) is 19.2. The molecule has 0 amide bonds. The highest BCUT2D eigenvalue weighted by Gasteiger charge is 2.54. The number of fused-ring (bicyclic) bond motifs is 2. The summed E-state index contributed by atoms with van der Waals surface area (Å²) in [5.41, 5.74) is -1.97. The first-order valence-electron chi connectivity index (χ1n) is 11.0. The Labute approximate surface area is 214 Å². The van der Waals surface area contributed by atoms with Crippen molar-refractivity contribution in [2.24, 2.45) is 11.8 Å². The maximum atomic E-state index is 14.0. The molecule has 0 saturated heterocycles. The highest BCUT2D eigenvalue weighted by Crippen LogP contribution is 2.53. The van der Waals surface area contributed by atoms with Gasteiger partial charge in [0.1, 0.15) is 41.3 Å². The van der Waals surface area contributed by atoms with Gasteiger partial charge in [-0.25, -0.2) is 0 Å². The van der Waals surface area contributed by atoms with E-state index in [4.69, 9.17) is 0 Å². The number of nitrogens with zero attached hydrogens (tertiary/aromatic N) is 4. The van der Waals surface area contributed by atoms with E-state index >= 15 is 0 Å². The Balaban J connectivity index is 2.10. The average Bonchev–Trinajstić information content (AvgIpc) is 3.24. The summed E-state index contributed by atoms with van der Waals surface area (Å²) >= 11 is 0. The van der Waals surface area contributed by atoms with Crippen molar-refractivity contribution in [2.45, 2.75) is 6.18 Å². The van der Waals surface area contributed by atoms with Crippen molar-refractivity contribution in [3.05, 3.63) is 94.6 Å². The predicted molar refractivity (Wildman–Crippen MR) is 129 cm³/mol. The summed E-state index contributed by atoms with van der Waals surface area (Å²) in [5.74, 6) is -8.05. The molecule has 0 bridgehead atoms. The van der Waals surface area contributed by atoms with E-state index in [1.54, 1.807) is 48.5 Å². The molecule has 1 atom stereocenters. The van der Waals surface area contributed by atoms with Crippen LogP contribution in [-0.4, -0.2) is 17.7 Å². The molecular weight excluding hydrogens is 493 g/mol. The van der Waals surface area contributed by atoms with Gasteiger partial charge in [0.2, 0.25) is 5.78 Å². The maximum absolute atomic E-state index is 14.0. The van der Waals surface area contributed by atoms with Gasteiger partial charge in [0.05, 0.1) is 0 Å². The standard InChI is InChI=1S/C29H13F3N4O2/c30-29(31,32)28(38)26(27(37)18-10-9-16-5-1-2-6-17(16)11-18)25-23(19(12-33)13-34)21-7-3-4-8-22(21)24(25)20(14-35)15-36/h1-11,25-26H. The lowest BCUT2D eigenvalue weighted by atomic mass is 9.74. The fraction of sp³-hybridized carbons (Fsp3) is 0.103. The van der Waals surface area contributed by atoms with E-state index in [-0.39, 0.29) is 27.8 Å². The van der Waals surface area contributed by atoms with Crippen LogP contribution in [0.25, 0.3) is 21.9 Å². The van der Waals surface area contributed by atoms with E-state index < -0.39 is 40.7 Å². The van der Waals surface area contributed by atoms with Crippen LogP contribution in [0, 0.1) is 57.2 Å². The molecule has 1 aliphatic carbocycles. The van der Waals surface area contributed by atoms with Crippen molar-refractivity contribution in [1.82, 2.24) is 0 Å². The number of hydrogen-bond donors (Lipinski definition) is 0. The first kappa shape index (κ1) is 25.6. The van der Waals surface area contributed by atoms with Gasteiger partial charge < -0.3 is 0 Å². The van der Waals surface area contributed by atoms with Crippen molar-refractivity contribution in [3.8, 4) is 24.3 Å². The molecular formula is C29H13F3N4O2. The number of nitriles is 4. The highest BCUT2D eigenvalue weighted by atomic mass is 19.4. The second kappa shape index (κ2) is 9.86. The van der Waals surface area contributed by atoms with Crippen LogP contribution in [0.2, 0.25) is 0 Å². The first-order valence-corrected chi connectivity index (χ1v) is 11.0. The molecule has 1 unspecified atom stereocenters. The largest absolute Gasteiger partial charge is 0.450 e. The Morgan fingerprint density at radius 3 is 1.66 bits per heavy atom. The number of rotatable bonds is 4. The fourth-order valence-corrected chi connectivity index (χ4v) is 4.76. The van der Waals surface area contributed by atoms with Crippen molar-refractivity contribution in [1.29, 1.82) is 21.0 Å². The number of carbonyl (C=O) groups excluding carboxylic acids is 2. The number of benzene rings is 3. The van der Waals surface area contributed by atoms with Gasteiger partial charge in [0, 0.05) is 11.5 Å². The molecule has 182 valence electrons. The van der Waals surface area contributed by atoms with Crippen LogP contribution in [0.3, 0.4) is 0 Å². The molecule has 3 aromatic rings. The van der Waals surface area contributed by atoms with Crippen LogP contribution in [0.1, 0.15) is 21.5 Å². The Bertz CT molecular complexity index is 1650. The van der Waals surface area contributed by atoms with Crippen LogP contribution >= 0.6 is 0 Å². The van der Waals surface area contributed by atoms with Crippen molar-refractivity contribution >= 4 is 33.5 Å². The minimum Gasteiger partial charge on any atom is -0.293 e. The lowest BCUT2D eigenvalue weighted by Crippen LogP contribution is -2.40. The topological polar surface area (TPSA) is 129 Å². The fourth-order valence-electron chi connectivity index (χ4n) is 4.76. The molecule has 6 nitrogen and oxygen atoms in total. The van der Waals surface area contributed by atoms with Gasteiger partial charge in [-0.1, -0.05) is 60.7 Å². The number of halogens is 3. The monoisotopic (exact) mass is 506 g/mol. The van der Waals surface area contributed by atoms with Crippen molar-refractivity contribution < 1.29 is 22.8 Å². The molecule has 3 aromatic carbocycles. The van der Waals surface area contributed by atoms with Crippen LogP contribution in [0.15, 0.2) is 77.9 Å². The van der Waals surface area contributed by atoms with Crippen LogP contribution in [0.5, 0.6) is 0 Å². The second-order valence-corrected chi connectivity index (χ2v) is 8.31. The molecule has 9 heteroatoms. The van der Waals surface area contributed by atoms with Crippen LogP contribution in [-0.2, 0) is 4.79 Å². The lowest BCUT2D eigenvalue weighted by Gasteiger charge is -2.25. The number of allylic oxidation sites excluding steroid dienone is 4. The zero-order chi connectivity index (χ0) is 27.6. The molecule has 38 heavy (non-hydrogen) atoms. The lowest BCUT2D eigenvalue weighted by molar-refractivity contribution is -0.174. The Hall–Kier alpha value is -5.51. The van der Waals surface area contributed by atoms with E-state index in [0.29, 0.717) is 10.8 Å². The molecule has 0 aliphatic heterocycles. The summed E-state index contributed by atoms with van der Waals surface area (Å²) in [6, 6.07) is 23.1. The minimum atomic E-state index is -5.49. The number of Topliss-reactive ketones (excluding diaryl/α,β-unsaturated/α-hetero) is 2. The molecule has 1 aliphatic rings. The molecule has 0 spiro atoms. The third-order valence-electron chi connectivity index (χ3n) is 6.33. The van der Waals surface area contributed by atoms with E-state index in [2.05, 4.69) is 0 Å². The molecule has 0 fully saturated rings. The van der Waals surface area contributed by atoms with Gasteiger partial charge in [0.15, 0.2) is 5.78 Å². The van der Waals surface area contributed by atoms with E-state index in [0.717, 1.165) is 0 Å². The molecule has 4 rings (SSSR count). The third-order valence-corrected chi connectivity index (χ3v) is 6.33. The Kier molecular flexibility index (Phi) is 6.64. The maximum Gasteiger partial charge on any atom is 0.450 e. The summed E-state index contributed by atoms with van der Waals surface area (Å²) in [5, 5.41) is 39.8. The van der Waals surface area contributed by atoms with Crippen molar-refractivity contribution in [3.63, 3.8) is 0 Å². The average molecular weight is 506 g/mol. The molecule has 0 saturated carbocycles. The molecule has 0 aromatic heterocycles. The minimum absolute atomic E-state index is 0.0832. The Morgan fingerprint density at radius 1 is 0.711 bits per heavy atom. The van der Waals surface area contributed by atoms with Crippen molar-refractivity contribution in [2.75, 3.05) is 0 Å². The summed E-state index contributed by atoms with van der Waals surface area (Å²) in [4.78, 5) is 26.8. The predicted octanol–water partition coefficient (Wildman–Crippen LogP) is 5.70. The van der Waals surface area contributed by atoms with Crippen LogP contribution in [0.4, 0.5) is 13.2 Å². The van der Waals surface area contributed by atoms with E-state index in [1.165, 1.54) is 42.5 Å². The van der Waals surface area contributed by atoms with E-state index in [9.17, 15) is 43.8 Å². The van der Waals surface area contributed by atoms with Gasteiger partial charge in [-0.15, -0.1) is 0 Å². The van der Waals surface area contributed by atoms with E-state index in [1.807, 2.05) is 0 Å². The normalized spacial score (nSPS) is 13.4. The summed E-state index contributed by atoms with van der Waals surface area (Å²) in [7, 11) is 0. The third kappa shape index (κ3) is 4.20. The Morgan fingerprint density at radius 2 is 1.18 bits per heavy atom. The molecule has 0 N–H and O–H groups in total. The van der Waals surface area contributed by atoms with Gasteiger partial charge >= 0.3 is 6.18 Å². The summed E-state index contributed by atoms with van der Waals surface area (Å²) in [6.07, 6.45) is -5.49. The SMILES string of the molecule is N#CC(C#N)=C1c2ccccc2C(=C(C#N)C#N)C1C(C(=O)c1ccc2ccccc2c1)C(=O)C(F)(F)F. The summed E-state index contributed by atoms with van der Waals surface area (Å²) < 4.78 is 42.0. The van der Waals surface area contributed by atoms with Gasteiger partial charge in [-0.05, 0) is 39.1 Å². The highest BCUT2D eigenvalue weighted by molar-refractivity contribution is 6.18. The molecule has 0 heterocycles. The smallest absolute Gasteiger partial charge is 0.293 e. The molecule has 0 radical (unpaired) electrons. The zero-order valence-corrected chi connectivity index (χ0v) is 19.2. The van der Waals surface area contributed by atoms with Gasteiger partial charge in [-0.3, -0.25) is 9.59 Å². The van der Waals surface area contributed by atoms with Crippen LogP contribution < -0.4 is 0 Å². The summed E-state index contributed by atoms with van der Waals surface area (Å²) in [6.45, 7) is 0. The van der Waals surface area contributed by atoms with Gasteiger partial charge in [-0.2, -0.15) is 34.2 Å². The van der Waals surface area contributed by atoms with Gasteiger partial charge in [0.25, 0.3) is 0 Å². The quantitative estimate of drug-likeness (QED) is 0.253. The number of alkyl halides is 3. The number of carbonyl (C=O) groups is 2. The second-order valence-electron chi connectivity index (χ2n) is 8.31. The number of ketones is 2. The first-order chi connectivity index (χ1) is 18.2.